The van der Waals surface area contributed by atoms with Crippen LogP contribution in [0.1, 0.15) is 49.4 Å². The van der Waals surface area contributed by atoms with E-state index in [0.29, 0.717) is 23.9 Å². The third-order valence-electron chi connectivity index (χ3n) is 4.40. The second-order valence-electron chi connectivity index (χ2n) is 5.85. The van der Waals surface area contributed by atoms with E-state index in [1.165, 1.54) is 19.7 Å². The Kier molecular flexibility index (Phi) is 5.17. The van der Waals surface area contributed by atoms with Crippen molar-refractivity contribution in [1.82, 2.24) is 10.3 Å². The quantitative estimate of drug-likeness (QED) is 0.872. The molecule has 1 amide bonds. The average Bonchev–Trinajstić information content (AvgIpc) is 2.53. The molecule has 1 aliphatic rings. The molecule has 0 saturated heterocycles. The molecular formula is C16H24N2O3. The first-order valence-electron chi connectivity index (χ1n) is 7.57. The van der Waals surface area contributed by atoms with Gasteiger partial charge >= 0.3 is 0 Å². The van der Waals surface area contributed by atoms with Crippen LogP contribution in [0.3, 0.4) is 0 Å². The monoisotopic (exact) mass is 292 g/mol. The molecule has 5 heteroatoms. The van der Waals surface area contributed by atoms with E-state index in [0.717, 1.165) is 25.7 Å². The molecule has 0 radical (unpaired) electrons. The number of pyridine rings is 1. The molecule has 0 aliphatic heterocycles. The van der Waals surface area contributed by atoms with Gasteiger partial charge in [0.2, 0.25) is 5.88 Å². The van der Waals surface area contributed by atoms with Gasteiger partial charge in [0.15, 0.2) is 0 Å². The smallest absolute Gasteiger partial charge is 0.252 e. The van der Waals surface area contributed by atoms with Crippen LogP contribution in [0.25, 0.3) is 0 Å². The summed E-state index contributed by atoms with van der Waals surface area (Å²) in [5.74, 6) is 0.978. The zero-order valence-corrected chi connectivity index (χ0v) is 12.8. The summed E-state index contributed by atoms with van der Waals surface area (Å²) in [4.78, 5) is 16.1. The van der Waals surface area contributed by atoms with E-state index >= 15 is 0 Å². The molecule has 2 rings (SSSR count). The summed E-state index contributed by atoms with van der Waals surface area (Å²) in [7, 11) is 1.53. The Bertz CT molecular complexity index is 465. The first-order valence-corrected chi connectivity index (χ1v) is 7.57. The lowest BCUT2D eigenvalue weighted by atomic mass is 9.78. The maximum atomic E-state index is 12.0. The third kappa shape index (κ3) is 4.17. The SMILES string of the molecule is CCC1CCC(O)(CNC(=O)c2ccc(OC)nc2)CC1. The number of amides is 1. The number of carbonyl (C=O) groups excluding carboxylic acids is 1. The summed E-state index contributed by atoms with van der Waals surface area (Å²) in [5, 5.41) is 13.3. The van der Waals surface area contributed by atoms with Gasteiger partial charge in [-0.2, -0.15) is 0 Å². The van der Waals surface area contributed by atoms with E-state index in [-0.39, 0.29) is 5.91 Å². The first kappa shape index (κ1) is 15.8. The highest BCUT2D eigenvalue weighted by atomic mass is 16.5. The van der Waals surface area contributed by atoms with Crippen molar-refractivity contribution in [3.05, 3.63) is 23.9 Å². The van der Waals surface area contributed by atoms with Crippen LogP contribution < -0.4 is 10.1 Å². The van der Waals surface area contributed by atoms with Crippen LogP contribution in [0, 0.1) is 5.92 Å². The van der Waals surface area contributed by atoms with Gasteiger partial charge in [0.05, 0.1) is 18.3 Å². The van der Waals surface area contributed by atoms with Gasteiger partial charge in [-0.25, -0.2) is 4.98 Å². The standard InChI is InChI=1S/C16H24N2O3/c1-3-12-6-8-16(20,9-7-12)11-18-15(19)13-4-5-14(21-2)17-10-13/h4-5,10,12,20H,3,6-9,11H2,1-2H3,(H,18,19). The lowest BCUT2D eigenvalue weighted by molar-refractivity contribution is -0.00787. The van der Waals surface area contributed by atoms with Gasteiger partial charge in [-0.1, -0.05) is 13.3 Å². The highest BCUT2D eigenvalue weighted by Crippen LogP contribution is 2.33. The lowest BCUT2D eigenvalue weighted by Gasteiger charge is -2.35. The van der Waals surface area contributed by atoms with Crippen LogP contribution in [-0.4, -0.2) is 35.3 Å². The molecule has 0 atom stereocenters. The molecule has 21 heavy (non-hydrogen) atoms. The van der Waals surface area contributed by atoms with Gasteiger partial charge in [-0.05, 0) is 37.7 Å². The van der Waals surface area contributed by atoms with E-state index in [2.05, 4.69) is 17.2 Å². The minimum Gasteiger partial charge on any atom is -0.481 e. The molecule has 0 bridgehead atoms. The van der Waals surface area contributed by atoms with E-state index in [1.807, 2.05) is 0 Å². The topological polar surface area (TPSA) is 71.5 Å². The van der Waals surface area contributed by atoms with Gasteiger partial charge in [0, 0.05) is 18.8 Å². The molecule has 0 aromatic carbocycles. The predicted molar refractivity (Wildman–Crippen MR) is 80.3 cm³/mol. The summed E-state index contributed by atoms with van der Waals surface area (Å²) < 4.78 is 4.96. The fraction of sp³-hybridized carbons (Fsp3) is 0.625. The molecule has 1 aliphatic carbocycles. The van der Waals surface area contributed by atoms with Crippen LogP contribution in [0.4, 0.5) is 0 Å². The van der Waals surface area contributed by atoms with Crippen molar-refractivity contribution in [2.75, 3.05) is 13.7 Å². The predicted octanol–water partition coefficient (Wildman–Crippen LogP) is 2.15. The van der Waals surface area contributed by atoms with Crippen LogP contribution in [0.5, 0.6) is 5.88 Å². The van der Waals surface area contributed by atoms with Crippen molar-refractivity contribution in [2.24, 2.45) is 5.92 Å². The number of nitrogens with one attached hydrogen (secondary N) is 1. The Balaban J connectivity index is 1.85. The molecule has 1 aromatic heterocycles. The Morgan fingerprint density at radius 2 is 2.19 bits per heavy atom. The highest BCUT2D eigenvalue weighted by molar-refractivity contribution is 5.93. The second kappa shape index (κ2) is 6.89. The number of rotatable bonds is 5. The number of nitrogens with zero attached hydrogens (tertiary/aromatic N) is 1. The maximum Gasteiger partial charge on any atom is 0.252 e. The van der Waals surface area contributed by atoms with Crippen LogP contribution in [-0.2, 0) is 0 Å². The number of aromatic nitrogens is 1. The second-order valence-corrected chi connectivity index (χ2v) is 5.85. The first-order chi connectivity index (χ1) is 10.1. The van der Waals surface area contributed by atoms with E-state index < -0.39 is 5.60 Å². The number of aliphatic hydroxyl groups is 1. The van der Waals surface area contributed by atoms with Crippen molar-refractivity contribution >= 4 is 5.91 Å². The van der Waals surface area contributed by atoms with Gasteiger partial charge in [0.25, 0.3) is 5.91 Å². The van der Waals surface area contributed by atoms with Crippen molar-refractivity contribution in [1.29, 1.82) is 0 Å². The fourth-order valence-corrected chi connectivity index (χ4v) is 2.78. The number of carbonyl (C=O) groups is 1. The maximum absolute atomic E-state index is 12.0. The molecular weight excluding hydrogens is 268 g/mol. The number of hydrogen-bond acceptors (Lipinski definition) is 4. The number of ether oxygens (including phenoxy) is 1. The molecule has 5 nitrogen and oxygen atoms in total. The lowest BCUT2D eigenvalue weighted by Crippen LogP contribution is -2.45. The van der Waals surface area contributed by atoms with Crippen LogP contribution in [0.2, 0.25) is 0 Å². The molecule has 1 fully saturated rings. The molecule has 1 aromatic rings. The largest absolute Gasteiger partial charge is 0.481 e. The minimum absolute atomic E-state index is 0.212. The molecule has 0 unspecified atom stereocenters. The van der Waals surface area contributed by atoms with E-state index in [1.54, 1.807) is 12.1 Å². The van der Waals surface area contributed by atoms with Crippen LogP contribution >= 0.6 is 0 Å². The van der Waals surface area contributed by atoms with Crippen molar-refractivity contribution < 1.29 is 14.6 Å². The summed E-state index contributed by atoms with van der Waals surface area (Å²) >= 11 is 0. The Labute approximate surface area is 125 Å². The Hall–Kier alpha value is -1.62. The summed E-state index contributed by atoms with van der Waals surface area (Å²) in [6, 6.07) is 3.31. The van der Waals surface area contributed by atoms with Gasteiger partial charge in [-0.3, -0.25) is 4.79 Å². The highest BCUT2D eigenvalue weighted by Gasteiger charge is 2.32. The van der Waals surface area contributed by atoms with E-state index in [4.69, 9.17) is 4.74 Å². The zero-order valence-electron chi connectivity index (χ0n) is 12.8. The van der Waals surface area contributed by atoms with Crippen molar-refractivity contribution in [3.8, 4) is 5.88 Å². The fourth-order valence-electron chi connectivity index (χ4n) is 2.78. The number of methoxy groups -OCH3 is 1. The average molecular weight is 292 g/mol. The summed E-state index contributed by atoms with van der Waals surface area (Å²) in [6.07, 6.45) is 6.23. The normalized spacial score (nSPS) is 25.4. The Morgan fingerprint density at radius 1 is 1.48 bits per heavy atom. The molecule has 1 heterocycles. The van der Waals surface area contributed by atoms with Crippen LogP contribution in [0.15, 0.2) is 18.3 Å². The summed E-state index contributed by atoms with van der Waals surface area (Å²) in [5.41, 5.74) is -0.289. The molecule has 2 N–H and O–H groups in total. The molecule has 116 valence electrons. The van der Waals surface area contributed by atoms with Gasteiger partial charge < -0.3 is 15.2 Å². The summed E-state index contributed by atoms with van der Waals surface area (Å²) in [6.45, 7) is 2.49. The van der Waals surface area contributed by atoms with Gasteiger partial charge in [-0.15, -0.1) is 0 Å². The molecule has 1 saturated carbocycles. The minimum atomic E-state index is -0.763. The number of hydrogen-bond donors (Lipinski definition) is 2. The zero-order chi connectivity index (χ0) is 15.3. The Morgan fingerprint density at radius 3 is 2.71 bits per heavy atom. The van der Waals surface area contributed by atoms with Crippen molar-refractivity contribution in [3.63, 3.8) is 0 Å². The van der Waals surface area contributed by atoms with Gasteiger partial charge in [0.1, 0.15) is 0 Å². The van der Waals surface area contributed by atoms with Crippen molar-refractivity contribution in [2.45, 2.75) is 44.6 Å². The third-order valence-corrected chi connectivity index (χ3v) is 4.40. The van der Waals surface area contributed by atoms with E-state index in [9.17, 15) is 9.90 Å². The molecule has 0 spiro atoms.